The van der Waals surface area contributed by atoms with Crippen LogP contribution in [0.2, 0.25) is 0 Å². The van der Waals surface area contributed by atoms with Crippen LogP contribution >= 0.6 is 11.3 Å². The molecule has 6 nitrogen and oxygen atoms in total. The molecule has 3 aliphatic carbocycles. The van der Waals surface area contributed by atoms with Gasteiger partial charge in [0.25, 0.3) is 0 Å². The van der Waals surface area contributed by atoms with Gasteiger partial charge in [0.05, 0.1) is 28.9 Å². The smallest absolute Gasteiger partial charge is 0.348 e. The van der Waals surface area contributed by atoms with Crippen LogP contribution in [0.1, 0.15) is 113 Å². The van der Waals surface area contributed by atoms with E-state index in [0.29, 0.717) is 49.3 Å². The third-order valence-electron chi connectivity index (χ3n) is 8.47. The molecular weight excluding hydrogens is 510 g/mol. The van der Waals surface area contributed by atoms with Gasteiger partial charge in [-0.05, 0) is 91.0 Å². The van der Waals surface area contributed by atoms with Crippen LogP contribution in [-0.4, -0.2) is 46.4 Å². The molecule has 1 aromatic rings. The van der Waals surface area contributed by atoms with Crippen molar-refractivity contribution in [3.05, 3.63) is 27.5 Å². The number of hydrogen-bond donors (Lipinski definition) is 2. The molecule has 0 radical (unpaired) electrons. The number of aliphatic hydroxyl groups is 1. The molecule has 2 N–H and O–H groups in total. The van der Waals surface area contributed by atoms with Crippen LogP contribution < -0.4 is 4.90 Å². The van der Waals surface area contributed by atoms with Crippen molar-refractivity contribution in [2.45, 2.75) is 117 Å². The summed E-state index contributed by atoms with van der Waals surface area (Å²) in [6.07, 6.45) is 10.7. The lowest BCUT2D eigenvalue weighted by atomic mass is 9.78. The zero-order valence-electron chi connectivity index (χ0n) is 24.2. The van der Waals surface area contributed by atoms with Crippen LogP contribution in [0.25, 0.3) is 0 Å². The van der Waals surface area contributed by atoms with E-state index < -0.39 is 11.6 Å². The molecule has 7 heteroatoms. The number of thiophene rings is 1. The lowest BCUT2D eigenvalue weighted by Crippen LogP contribution is -2.51. The first-order valence-corrected chi connectivity index (χ1v) is 15.4. The second kappa shape index (κ2) is 12.2. The van der Waals surface area contributed by atoms with Gasteiger partial charge in [-0.15, -0.1) is 11.3 Å². The number of rotatable bonds is 7. The van der Waals surface area contributed by atoms with E-state index >= 15 is 0 Å². The number of carbonyl (C=O) groups is 2. The van der Waals surface area contributed by atoms with Gasteiger partial charge in [-0.25, -0.2) is 4.79 Å². The van der Waals surface area contributed by atoms with Gasteiger partial charge in [-0.3, -0.25) is 4.79 Å². The second-order valence-corrected chi connectivity index (χ2v) is 14.1. The van der Waals surface area contributed by atoms with Crippen LogP contribution in [-0.2, 0) is 9.53 Å². The molecule has 2 saturated carbocycles. The number of anilines is 1. The predicted molar refractivity (Wildman–Crippen MR) is 156 cm³/mol. The van der Waals surface area contributed by atoms with Crippen LogP contribution in [0.4, 0.5) is 5.69 Å². The Labute approximate surface area is 237 Å². The van der Waals surface area contributed by atoms with E-state index in [4.69, 9.17) is 4.74 Å². The molecule has 0 aliphatic heterocycles. The average molecular weight is 556 g/mol. The number of aromatic carboxylic acids is 1. The summed E-state index contributed by atoms with van der Waals surface area (Å²) >= 11 is 1.14. The van der Waals surface area contributed by atoms with Crippen molar-refractivity contribution in [2.75, 3.05) is 11.5 Å². The highest BCUT2D eigenvalue weighted by atomic mass is 32.1. The quantitative estimate of drug-likeness (QED) is 0.285. The number of amides is 1. The van der Waals surface area contributed by atoms with Gasteiger partial charge < -0.3 is 19.8 Å². The Kier molecular flexibility index (Phi) is 9.30. The number of ether oxygens (including phenoxy) is 1. The largest absolute Gasteiger partial charge is 0.477 e. The highest BCUT2D eigenvalue weighted by Crippen LogP contribution is 2.41. The summed E-state index contributed by atoms with van der Waals surface area (Å²) in [4.78, 5) is 29.2. The van der Waals surface area contributed by atoms with Crippen molar-refractivity contribution in [3.8, 4) is 11.8 Å². The lowest BCUT2D eigenvalue weighted by molar-refractivity contribution is -0.125. The van der Waals surface area contributed by atoms with Gasteiger partial charge in [0.1, 0.15) is 4.88 Å². The van der Waals surface area contributed by atoms with Crippen molar-refractivity contribution < 1.29 is 24.5 Å². The Bertz CT molecular complexity index is 1140. The highest BCUT2D eigenvalue weighted by molar-refractivity contribution is 7.15. The summed E-state index contributed by atoms with van der Waals surface area (Å²) in [7, 11) is 0. The Morgan fingerprint density at radius 2 is 1.85 bits per heavy atom. The molecule has 1 amide bonds. The number of carbonyl (C=O) groups excluding carboxylic acids is 1. The van der Waals surface area contributed by atoms with Crippen molar-refractivity contribution in [1.82, 2.24) is 0 Å². The van der Waals surface area contributed by atoms with E-state index in [1.807, 2.05) is 20.8 Å². The van der Waals surface area contributed by atoms with E-state index in [0.717, 1.165) is 30.6 Å². The van der Waals surface area contributed by atoms with Gasteiger partial charge in [0.2, 0.25) is 5.91 Å². The molecule has 0 aromatic carbocycles. The number of nitrogens with zero attached hydrogens (tertiary/aromatic N) is 1. The normalized spacial score (nSPS) is 27.9. The zero-order chi connectivity index (χ0) is 28.4. The molecule has 214 valence electrons. The third-order valence-corrected chi connectivity index (χ3v) is 9.50. The molecule has 0 bridgehead atoms. The third kappa shape index (κ3) is 7.54. The summed E-state index contributed by atoms with van der Waals surface area (Å²) in [6, 6.07) is 1.61. The fourth-order valence-electron chi connectivity index (χ4n) is 6.21. The minimum atomic E-state index is -1.04. The standard InChI is InChI=1S/C32H45NO5S/c1-21-10-11-26(22(2)18-21)29(34)33(27-19-25(14-15-31(3,4)5)39-28(27)30(35)36)23-12-16-32(37,17-13-23)20-38-24-8-6-7-9-24/h10,19,22-24,26,37H,6-9,11-13,16-18,20H2,1-5H3,(H,35,36)/t22-,23?,26-,32?/m0/s1. The Morgan fingerprint density at radius 3 is 2.44 bits per heavy atom. The molecule has 39 heavy (non-hydrogen) atoms. The van der Waals surface area contributed by atoms with Crippen LogP contribution in [0.15, 0.2) is 17.7 Å². The molecule has 2 atom stereocenters. The molecule has 1 aromatic heterocycles. The molecule has 3 aliphatic rings. The van der Waals surface area contributed by atoms with Gasteiger partial charge in [0, 0.05) is 17.4 Å². The van der Waals surface area contributed by atoms with E-state index in [9.17, 15) is 19.8 Å². The summed E-state index contributed by atoms with van der Waals surface area (Å²) in [5.41, 5.74) is 0.620. The van der Waals surface area contributed by atoms with E-state index in [1.54, 1.807) is 11.0 Å². The number of carboxylic acid groups (broad SMARTS) is 1. The summed E-state index contributed by atoms with van der Waals surface area (Å²) < 4.78 is 6.07. The van der Waals surface area contributed by atoms with Crippen LogP contribution in [0, 0.1) is 29.1 Å². The molecule has 0 unspecified atom stereocenters. The molecule has 0 spiro atoms. The van der Waals surface area contributed by atoms with Crippen molar-refractivity contribution in [2.24, 2.45) is 17.3 Å². The first kappa shape index (κ1) is 29.8. The molecular formula is C32H45NO5S. The van der Waals surface area contributed by atoms with Gasteiger partial charge in [-0.2, -0.15) is 0 Å². The molecule has 2 fully saturated rings. The molecule has 4 rings (SSSR count). The van der Waals surface area contributed by atoms with Gasteiger partial charge in [-0.1, -0.05) is 43.3 Å². The van der Waals surface area contributed by atoms with Crippen molar-refractivity contribution in [1.29, 1.82) is 0 Å². The predicted octanol–water partition coefficient (Wildman–Crippen LogP) is 6.80. The fourth-order valence-corrected chi connectivity index (χ4v) is 7.05. The topological polar surface area (TPSA) is 87.1 Å². The Morgan fingerprint density at radius 1 is 1.18 bits per heavy atom. The van der Waals surface area contributed by atoms with E-state index in [1.165, 1.54) is 18.4 Å². The second-order valence-electron chi connectivity index (χ2n) is 13.1. The van der Waals surface area contributed by atoms with Gasteiger partial charge in [0.15, 0.2) is 0 Å². The maximum Gasteiger partial charge on any atom is 0.348 e. The summed E-state index contributed by atoms with van der Waals surface area (Å²) in [6.45, 7) is 10.6. The number of carboxylic acids is 1. The van der Waals surface area contributed by atoms with E-state index in [-0.39, 0.29) is 40.2 Å². The summed E-state index contributed by atoms with van der Waals surface area (Å²) in [5, 5.41) is 21.5. The zero-order valence-corrected chi connectivity index (χ0v) is 25.0. The minimum absolute atomic E-state index is 0.0143. The lowest BCUT2D eigenvalue weighted by Gasteiger charge is -2.42. The molecule has 1 heterocycles. The Hall–Kier alpha value is -2.14. The minimum Gasteiger partial charge on any atom is -0.477 e. The maximum absolute atomic E-state index is 14.3. The SMILES string of the molecule is CC1=CC[C@H](C(=O)N(c2cc(C#CC(C)(C)C)sc2C(=O)O)C2CCC(O)(COC3CCCC3)CC2)[C@@H](C)C1. The first-order chi connectivity index (χ1) is 18.3. The monoisotopic (exact) mass is 555 g/mol. The van der Waals surface area contributed by atoms with Gasteiger partial charge >= 0.3 is 5.97 Å². The Balaban J connectivity index is 1.62. The number of allylic oxidation sites excluding steroid dienone is 2. The maximum atomic E-state index is 14.3. The van der Waals surface area contributed by atoms with E-state index in [2.05, 4.69) is 31.8 Å². The first-order valence-electron chi connectivity index (χ1n) is 14.6. The van der Waals surface area contributed by atoms with Crippen molar-refractivity contribution >= 4 is 28.9 Å². The highest BCUT2D eigenvalue weighted by Gasteiger charge is 2.42. The molecule has 0 saturated heterocycles. The van der Waals surface area contributed by atoms with Crippen molar-refractivity contribution in [3.63, 3.8) is 0 Å². The fraction of sp³-hybridized carbons (Fsp3) is 0.688. The van der Waals surface area contributed by atoms with Crippen LogP contribution in [0.3, 0.4) is 0 Å². The summed E-state index contributed by atoms with van der Waals surface area (Å²) in [5.74, 6) is 5.27. The number of hydrogen-bond acceptors (Lipinski definition) is 5. The average Bonchev–Trinajstić information content (AvgIpc) is 3.53. The van der Waals surface area contributed by atoms with Crippen LogP contribution in [0.5, 0.6) is 0 Å².